The van der Waals surface area contributed by atoms with Crippen LogP contribution in [-0.2, 0) is 41.9 Å². The number of rotatable bonds is 5. The average molecular weight is 355 g/mol. The monoisotopic (exact) mass is 355 g/mol. The van der Waals surface area contributed by atoms with Gasteiger partial charge in [0.05, 0.1) is 26.4 Å². The number of anilines is 1. The van der Waals surface area contributed by atoms with Crippen molar-refractivity contribution in [3.05, 3.63) is 46.3 Å². The number of methoxy groups -OCH3 is 1. The average Bonchev–Trinajstić information content (AvgIpc) is 3.05. The lowest BCUT2D eigenvalue weighted by molar-refractivity contribution is 0.0983. The molecule has 6 heteroatoms. The lowest BCUT2D eigenvalue weighted by Gasteiger charge is -2.19. The lowest BCUT2D eigenvalue weighted by Crippen LogP contribution is -2.19. The molecule has 2 heterocycles. The molecule has 0 fully saturated rings. The maximum absolute atomic E-state index is 13.0. The first-order chi connectivity index (χ1) is 12.8. The van der Waals surface area contributed by atoms with Crippen molar-refractivity contribution >= 4 is 11.6 Å². The Morgan fingerprint density at radius 2 is 2.15 bits per heavy atom. The Balaban J connectivity index is 1.62. The van der Waals surface area contributed by atoms with E-state index in [-0.39, 0.29) is 5.91 Å². The summed E-state index contributed by atoms with van der Waals surface area (Å²) in [5, 5.41) is 7.69. The van der Waals surface area contributed by atoms with Crippen molar-refractivity contribution in [2.75, 3.05) is 25.6 Å². The molecule has 6 nitrogen and oxygen atoms in total. The molecule has 2 aliphatic rings. The van der Waals surface area contributed by atoms with E-state index in [0.29, 0.717) is 32.1 Å². The SMILES string of the molecule is COCCn1nc(C(=O)Nc2cccc3c2CCCC3)c2c1CCOC2. The predicted octanol–water partition coefficient (Wildman–Crippen LogP) is 2.73. The second-order valence-corrected chi connectivity index (χ2v) is 6.90. The maximum Gasteiger partial charge on any atom is 0.276 e. The number of fused-ring (bicyclic) bond motifs is 2. The molecule has 1 aromatic carbocycles. The molecule has 1 aromatic heterocycles. The molecule has 138 valence electrons. The predicted molar refractivity (Wildman–Crippen MR) is 98.5 cm³/mol. The van der Waals surface area contributed by atoms with E-state index >= 15 is 0 Å². The van der Waals surface area contributed by atoms with Crippen LogP contribution in [0.15, 0.2) is 18.2 Å². The number of hydrogen-bond donors (Lipinski definition) is 1. The van der Waals surface area contributed by atoms with Crippen LogP contribution >= 0.6 is 0 Å². The Hall–Kier alpha value is -2.18. The third kappa shape index (κ3) is 3.27. The van der Waals surface area contributed by atoms with E-state index in [0.717, 1.165) is 36.2 Å². The van der Waals surface area contributed by atoms with Gasteiger partial charge in [-0.1, -0.05) is 12.1 Å². The summed E-state index contributed by atoms with van der Waals surface area (Å²) in [6, 6.07) is 6.18. The highest BCUT2D eigenvalue weighted by Crippen LogP contribution is 2.29. The minimum atomic E-state index is -0.151. The Labute approximate surface area is 153 Å². The Bertz CT molecular complexity index is 813. The highest BCUT2D eigenvalue weighted by molar-refractivity contribution is 6.04. The molecule has 0 unspecified atom stereocenters. The maximum atomic E-state index is 13.0. The van der Waals surface area contributed by atoms with Crippen LogP contribution in [0.25, 0.3) is 0 Å². The van der Waals surface area contributed by atoms with Gasteiger partial charge in [-0.3, -0.25) is 9.48 Å². The summed E-state index contributed by atoms with van der Waals surface area (Å²) in [4.78, 5) is 13.0. The van der Waals surface area contributed by atoms with Gasteiger partial charge in [-0.2, -0.15) is 5.10 Å². The van der Waals surface area contributed by atoms with Crippen molar-refractivity contribution in [2.45, 2.75) is 45.3 Å². The summed E-state index contributed by atoms with van der Waals surface area (Å²) in [6.07, 6.45) is 5.29. The summed E-state index contributed by atoms with van der Waals surface area (Å²) in [5.74, 6) is -0.151. The topological polar surface area (TPSA) is 65.4 Å². The van der Waals surface area contributed by atoms with E-state index in [4.69, 9.17) is 9.47 Å². The van der Waals surface area contributed by atoms with Crippen LogP contribution in [0.4, 0.5) is 5.69 Å². The van der Waals surface area contributed by atoms with Gasteiger partial charge in [0.2, 0.25) is 0 Å². The molecule has 0 saturated carbocycles. The van der Waals surface area contributed by atoms with Gasteiger partial charge in [-0.25, -0.2) is 0 Å². The van der Waals surface area contributed by atoms with Crippen LogP contribution < -0.4 is 5.32 Å². The molecule has 0 saturated heterocycles. The number of carbonyl (C=O) groups excluding carboxylic acids is 1. The summed E-state index contributed by atoms with van der Waals surface area (Å²) in [5.41, 5.74) is 6.03. The molecule has 1 amide bonds. The summed E-state index contributed by atoms with van der Waals surface area (Å²) >= 11 is 0. The fraction of sp³-hybridized carbons (Fsp3) is 0.500. The highest BCUT2D eigenvalue weighted by Gasteiger charge is 2.26. The second-order valence-electron chi connectivity index (χ2n) is 6.90. The van der Waals surface area contributed by atoms with Gasteiger partial charge < -0.3 is 14.8 Å². The van der Waals surface area contributed by atoms with E-state index in [1.807, 2.05) is 16.8 Å². The zero-order valence-electron chi connectivity index (χ0n) is 15.2. The van der Waals surface area contributed by atoms with Crippen molar-refractivity contribution in [3.8, 4) is 0 Å². The quantitative estimate of drug-likeness (QED) is 0.896. The van der Waals surface area contributed by atoms with E-state index in [1.54, 1.807) is 7.11 Å². The number of aromatic nitrogens is 2. The molecule has 0 radical (unpaired) electrons. The number of nitrogens with zero attached hydrogens (tertiary/aromatic N) is 2. The zero-order valence-corrected chi connectivity index (χ0v) is 15.2. The van der Waals surface area contributed by atoms with Crippen molar-refractivity contribution in [1.82, 2.24) is 9.78 Å². The Kier molecular flexibility index (Phi) is 5.04. The molecule has 0 bridgehead atoms. The smallest absolute Gasteiger partial charge is 0.276 e. The molecule has 1 aliphatic heterocycles. The summed E-state index contributed by atoms with van der Waals surface area (Å²) < 4.78 is 12.7. The normalized spacial score (nSPS) is 16.0. The van der Waals surface area contributed by atoms with Crippen molar-refractivity contribution in [3.63, 3.8) is 0 Å². The van der Waals surface area contributed by atoms with Crippen molar-refractivity contribution in [1.29, 1.82) is 0 Å². The van der Waals surface area contributed by atoms with Gasteiger partial charge in [0.25, 0.3) is 5.91 Å². The standard InChI is InChI=1S/C20H25N3O3/c1-25-12-10-23-18-9-11-26-13-16(18)19(22-23)20(24)21-17-8-4-6-14-5-2-3-7-15(14)17/h4,6,8H,2-3,5,7,9-13H2,1H3,(H,21,24). The van der Waals surface area contributed by atoms with E-state index in [2.05, 4.69) is 16.5 Å². The first-order valence-electron chi connectivity index (χ1n) is 9.35. The number of aryl methyl sites for hydroxylation is 1. The van der Waals surface area contributed by atoms with E-state index in [9.17, 15) is 4.79 Å². The highest BCUT2D eigenvalue weighted by atomic mass is 16.5. The number of nitrogens with one attached hydrogen (secondary N) is 1. The summed E-state index contributed by atoms with van der Waals surface area (Å²) in [7, 11) is 1.67. The third-order valence-electron chi connectivity index (χ3n) is 5.26. The van der Waals surface area contributed by atoms with Gasteiger partial charge in [0.15, 0.2) is 5.69 Å². The molecular formula is C20H25N3O3. The van der Waals surface area contributed by atoms with Crippen LogP contribution in [-0.4, -0.2) is 36.0 Å². The Morgan fingerprint density at radius 3 is 3.04 bits per heavy atom. The van der Waals surface area contributed by atoms with Crippen LogP contribution in [0, 0.1) is 0 Å². The first kappa shape index (κ1) is 17.2. The van der Waals surface area contributed by atoms with Gasteiger partial charge in [-0.15, -0.1) is 0 Å². The van der Waals surface area contributed by atoms with Crippen LogP contribution in [0.3, 0.4) is 0 Å². The van der Waals surface area contributed by atoms with Gasteiger partial charge in [0, 0.05) is 30.5 Å². The molecule has 0 spiro atoms. The minimum absolute atomic E-state index is 0.151. The number of ether oxygens (including phenoxy) is 2. The third-order valence-corrected chi connectivity index (χ3v) is 5.26. The molecule has 26 heavy (non-hydrogen) atoms. The Morgan fingerprint density at radius 1 is 1.27 bits per heavy atom. The van der Waals surface area contributed by atoms with Crippen LogP contribution in [0.5, 0.6) is 0 Å². The minimum Gasteiger partial charge on any atom is -0.383 e. The summed E-state index contributed by atoms with van der Waals surface area (Å²) in [6.45, 7) is 2.33. The van der Waals surface area contributed by atoms with Gasteiger partial charge in [-0.05, 0) is 42.9 Å². The number of hydrogen-bond acceptors (Lipinski definition) is 4. The fourth-order valence-corrected chi connectivity index (χ4v) is 3.93. The van der Waals surface area contributed by atoms with Crippen LogP contribution in [0.2, 0.25) is 0 Å². The molecule has 1 N–H and O–H groups in total. The van der Waals surface area contributed by atoms with E-state index < -0.39 is 0 Å². The van der Waals surface area contributed by atoms with E-state index in [1.165, 1.54) is 24.0 Å². The lowest BCUT2D eigenvalue weighted by atomic mass is 9.90. The molecule has 4 rings (SSSR count). The first-order valence-corrected chi connectivity index (χ1v) is 9.35. The molecule has 1 aliphatic carbocycles. The number of amides is 1. The largest absolute Gasteiger partial charge is 0.383 e. The van der Waals surface area contributed by atoms with Gasteiger partial charge in [0.1, 0.15) is 0 Å². The molecule has 2 aromatic rings. The van der Waals surface area contributed by atoms with Crippen molar-refractivity contribution < 1.29 is 14.3 Å². The van der Waals surface area contributed by atoms with Crippen molar-refractivity contribution in [2.24, 2.45) is 0 Å². The number of carbonyl (C=O) groups is 1. The van der Waals surface area contributed by atoms with Crippen LogP contribution in [0.1, 0.15) is 45.7 Å². The molecular weight excluding hydrogens is 330 g/mol. The second kappa shape index (κ2) is 7.60. The fourth-order valence-electron chi connectivity index (χ4n) is 3.93. The molecule has 0 atom stereocenters. The van der Waals surface area contributed by atoms with Gasteiger partial charge >= 0.3 is 0 Å². The zero-order chi connectivity index (χ0) is 17.9. The number of benzene rings is 1.